The molecule has 2 heterocycles. The summed E-state index contributed by atoms with van der Waals surface area (Å²) in [5, 5.41) is 0. The van der Waals surface area contributed by atoms with Crippen LogP contribution in [-0.2, 0) is 37.1 Å². The molecular formula is C18H19N3O2. The van der Waals surface area contributed by atoms with Gasteiger partial charge in [0.15, 0.2) is 0 Å². The Morgan fingerprint density at radius 2 is 1.96 bits per heavy atom. The molecule has 1 aromatic heterocycles. The van der Waals surface area contributed by atoms with Crippen LogP contribution in [0, 0.1) is 0 Å². The van der Waals surface area contributed by atoms with Gasteiger partial charge in [-0.25, -0.2) is 4.98 Å². The van der Waals surface area contributed by atoms with Crippen LogP contribution in [0.3, 0.4) is 0 Å². The van der Waals surface area contributed by atoms with Gasteiger partial charge in [-0.05, 0) is 36.8 Å². The molecule has 1 aliphatic carbocycles. The van der Waals surface area contributed by atoms with E-state index in [2.05, 4.69) is 17.1 Å². The predicted molar refractivity (Wildman–Crippen MR) is 86.1 cm³/mol. The van der Waals surface area contributed by atoms with E-state index in [0.717, 1.165) is 36.9 Å². The molecule has 2 aromatic rings. The molecule has 4 rings (SSSR count). The lowest BCUT2D eigenvalue weighted by Gasteiger charge is -2.29. The molecule has 1 amide bonds. The molecule has 0 saturated heterocycles. The van der Waals surface area contributed by atoms with Gasteiger partial charge in [-0.2, -0.15) is 0 Å². The first-order valence-corrected chi connectivity index (χ1v) is 8.14. The van der Waals surface area contributed by atoms with E-state index in [1.165, 1.54) is 22.0 Å². The maximum atomic E-state index is 12.6. The number of nitrogens with zero attached hydrogens (tertiary/aromatic N) is 3. The first-order chi connectivity index (χ1) is 11.2. The molecule has 0 atom stereocenters. The van der Waals surface area contributed by atoms with Crippen molar-refractivity contribution in [3.05, 3.63) is 63.3 Å². The Bertz CT molecular complexity index is 825. The number of aryl methyl sites for hydroxylation is 1. The van der Waals surface area contributed by atoms with Gasteiger partial charge in [0.25, 0.3) is 5.56 Å². The van der Waals surface area contributed by atoms with E-state index in [9.17, 15) is 9.59 Å². The Morgan fingerprint density at radius 1 is 1.13 bits per heavy atom. The van der Waals surface area contributed by atoms with Crippen LogP contribution in [0.1, 0.15) is 28.8 Å². The standard InChI is InChI=1S/C18H19N3O2/c22-17(20-9-8-13-4-1-2-5-14(13)10-20)11-21-12-19-16-7-3-6-15(16)18(21)23/h1-2,4-5,12H,3,6-11H2. The molecule has 0 saturated carbocycles. The summed E-state index contributed by atoms with van der Waals surface area (Å²) in [6.07, 6.45) is 5.05. The van der Waals surface area contributed by atoms with E-state index in [0.29, 0.717) is 13.1 Å². The van der Waals surface area contributed by atoms with Gasteiger partial charge in [-0.1, -0.05) is 24.3 Å². The quantitative estimate of drug-likeness (QED) is 0.840. The molecule has 2 aliphatic rings. The molecule has 5 nitrogen and oxygen atoms in total. The Hall–Kier alpha value is -2.43. The minimum absolute atomic E-state index is 0.0126. The van der Waals surface area contributed by atoms with Gasteiger partial charge < -0.3 is 4.90 Å². The lowest BCUT2D eigenvalue weighted by atomic mass is 10.00. The van der Waals surface area contributed by atoms with Gasteiger partial charge in [0.2, 0.25) is 5.91 Å². The van der Waals surface area contributed by atoms with Gasteiger partial charge >= 0.3 is 0 Å². The Morgan fingerprint density at radius 3 is 2.83 bits per heavy atom. The van der Waals surface area contributed by atoms with Crippen molar-refractivity contribution in [3.63, 3.8) is 0 Å². The number of carbonyl (C=O) groups excluding carboxylic acids is 1. The van der Waals surface area contributed by atoms with Crippen LogP contribution in [0.2, 0.25) is 0 Å². The molecule has 23 heavy (non-hydrogen) atoms. The number of amides is 1. The van der Waals surface area contributed by atoms with Crippen LogP contribution in [0.25, 0.3) is 0 Å². The van der Waals surface area contributed by atoms with Crippen LogP contribution in [0.5, 0.6) is 0 Å². The normalized spacial score (nSPS) is 16.1. The highest BCUT2D eigenvalue weighted by atomic mass is 16.2. The number of aromatic nitrogens is 2. The highest BCUT2D eigenvalue weighted by Crippen LogP contribution is 2.19. The van der Waals surface area contributed by atoms with Crippen LogP contribution < -0.4 is 5.56 Å². The molecule has 118 valence electrons. The molecular weight excluding hydrogens is 290 g/mol. The van der Waals surface area contributed by atoms with E-state index in [4.69, 9.17) is 0 Å². The molecule has 0 radical (unpaired) electrons. The van der Waals surface area contributed by atoms with Gasteiger partial charge in [-0.3, -0.25) is 14.2 Å². The second kappa shape index (κ2) is 5.65. The third-order valence-corrected chi connectivity index (χ3v) is 4.85. The van der Waals surface area contributed by atoms with Crippen molar-refractivity contribution in [2.75, 3.05) is 6.54 Å². The minimum atomic E-state index is -0.0433. The van der Waals surface area contributed by atoms with Crippen molar-refractivity contribution in [3.8, 4) is 0 Å². The fraction of sp³-hybridized carbons (Fsp3) is 0.389. The summed E-state index contributed by atoms with van der Waals surface area (Å²) in [6.45, 7) is 1.42. The lowest BCUT2D eigenvalue weighted by molar-refractivity contribution is -0.132. The average molecular weight is 309 g/mol. The zero-order valence-electron chi connectivity index (χ0n) is 13.0. The first kappa shape index (κ1) is 14.2. The van der Waals surface area contributed by atoms with Crippen LogP contribution >= 0.6 is 0 Å². The first-order valence-electron chi connectivity index (χ1n) is 8.14. The van der Waals surface area contributed by atoms with Gasteiger partial charge in [0.05, 0.1) is 12.0 Å². The predicted octanol–water partition coefficient (Wildman–Crippen LogP) is 1.32. The second-order valence-electron chi connectivity index (χ2n) is 6.29. The summed E-state index contributed by atoms with van der Waals surface area (Å²) in [6, 6.07) is 8.22. The summed E-state index contributed by atoms with van der Waals surface area (Å²) >= 11 is 0. The topological polar surface area (TPSA) is 55.2 Å². The summed E-state index contributed by atoms with van der Waals surface area (Å²) in [7, 11) is 0. The fourth-order valence-corrected chi connectivity index (χ4v) is 3.53. The van der Waals surface area contributed by atoms with Crippen molar-refractivity contribution in [2.24, 2.45) is 0 Å². The zero-order chi connectivity index (χ0) is 15.8. The van der Waals surface area contributed by atoms with E-state index in [-0.39, 0.29) is 18.0 Å². The van der Waals surface area contributed by atoms with Crippen molar-refractivity contribution in [1.82, 2.24) is 14.5 Å². The molecule has 0 spiro atoms. The lowest BCUT2D eigenvalue weighted by Crippen LogP contribution is -2.40. The minimum Gasteiger partial charge on any atom is -0.336 e. The maximum Gasteiger partial charge on any atom is 0.257 e. The number of hydrogen-bond donors (Lipinski definition) is 0. The van der Waals surface area contributed by atoms with Crippen molar-refractivity contribution >= 4 is 5.91 Å². The number of fused-ring (bicyclic) bond motifs is 2. The van der Waals surface area contributed by atoms with Gasteiger partial charge in [0.1, 0.15) is 6.54 Å². The summed E-state index contributed by atoms with van der Waals surface area (Å²) in [5.74, 6) is -0.0126. The highest BCUT2D eigenvalue weighted by Gasteiger charge is 2.22. The smallest absolute Gasteiger partial charge is 0.257 e. The van der Waals surface area contributed by atoms with Crippen molar-refractivity contribution in [1.29, 1.82) is 0 Å². The summed E-state index contributed by atoms with van der Waals surface area (Å²) < 4.78 is 1.47. The van der Waals surface area contributed by atoms with Crippen LogP contribution in [-0.4, -0.2) is 26.9 Å². The largest absolute Gasteiger partial charge is 0.336 e. The monoisotopic (exact) mass is 309 g/mol. The van der Waals surface area contributed by atoms with E-state index in [1.54, 1.807) is 0 Å². The molecule has 0 N–H and O–H groups in total. The highest BCUT2D eigenvalue weighted by molar-refractivity contribution is 5.76. The van der Waals surface area contributed by atoms with Gasteiger partial charge in [0, 0.05) is 18.7 Å². The summed E-state index contributed by atoms with van der Waals surface area (Å²) in [4.78, 5) is 31.2. The van der Waals surface area contributed by atoms with Crippen LogP contribution in [0.4, 0.5) is 0 Å². The second-order valence-corrected chi connectivity index (χ2v) is 6.29. The SMILES string of the molecule is O=C(Cn1cnc2c(c1=O)CCC2)N1CCc2ccccc2C1. The van der Waals surface area contributed by atoms with Crippen molar-refractivity contribution < 1.29 is 4.79 Å². The van der Waals surface area contributed by atoms with Gasteiger partial charge in [-0.15, -0.1) is 0 Å². The Kier molecular flexibility index (Phi) is 3.48. The summed E-state index contributed by atoms with van der Waals surface area (Å²) in [5.41, 5.74) is 4.17. The molecule has 0 bridgehead atoms. The van der Waals surface area contributed by atoms with E-state index in [1.807, 2.05) is 17.0 Å². The molecule has 1 aromatic carbocycles. The van der Waals surface area contributed by atoms with Crippen LogP contribution in [0.15, 0.2) is 35.4 Å². The van der Waals surface area contributed by atoms with Crippen molar-refractivity contribution in [2.45, 2.75) is 38.8 Å². The molecule has 5 heteroatoms. The number of benzene rings is 1. The molecule has 0 fully saturated rings. The van der Waals surface area contributed by atoms with E-state index < -0.39 is 0 Å². The number of hydrogen-bond acceptors (Lipinski definition) is 3. The maximum absolute atomic E-state index is 12.6. The third kappa shape index (κ3) is 2.56. The number of carbonyl (C=O) groups is 1. The van der Waals surface area contributed by atoms with E-state index >= 15 is 0 Å². The molecule has 1 aliphatic heterocycles. The zero-order valence-corrected chi connectivity index (χ0v) is 13.0. The third-order valence-electron chi connectivity index (χ3n) is 4.85. The average Bonchev–Trinajstić information content (AvgIpc) is 3.06. The molecule has 0 unspecified atom stereocenters. The Balaban J connectivity index is 1.52. The fourth-order valence-electron chi connectivity index (χ4n) is 3.53. The number of rotatable bonds is 2. The Labute approximate surface area is 134 Å².